The van der Waals surface area contributed by atoms with Gasteiger partial charge in [0.05, 0.1) is 47.6 Å². The number of aromatic nitrogens is 6. The van der Waals surface area contributed by atoms with Crippen LogP contribution < -0.4 is 10.0 Å². The molecular weight excluding hydrogens is 877 g/mol. The van der Waals surface area contributed by atoms with E-state index < -0.39 is 19.7 Å². The molecule has 18 heteroatoms. The van der Waals surface area contributed by atoms with Gasteiger partial charge in [0, 0.05) is 75.3 Å². The molecule has 0 amide bonds. The molecule has 0 spiro atoms. The number of ether oxygens (including phenoxy) is 2. The van der Waals surface area contributed by atoms with E-state index in [9.17, 15) is 16.8 Å². The minimum Gasteiger partial charge on any atom is -0.379 e. The zero-order valence-corrected chi connectivity index (χ0v) is 38.1. The zero-order chi connectivity index (χ0) is 45.4. The van der Waals surface area contributed by atoms with E-state index in [2.05, 4.69) is 58.3 Å². The molecule has 4 aromatic carbocycles. The van der Waals surface area contributed by atoms with Crippen molar-refractivity contribution in [1.82, 2.24) is 39.0 Å². The Bertz CT molecular complexity index is 3000. The summed E-state index contributed by atoms with van der Waals surface area (Å²) < 4.78 is 64.0. The quantitative estimate of drug-likeness (QED) is 0.116. The van der Waals surface area contributed by atoms with Crippen molar-refractivity contribution >= 4 is 54.2 Å². The average Bonchev–Trinajstić information content (AvgIpc) is 3.97. The summed E-state index contributed by atoms with van der Waals surface area (Å²) in [6.45, 7) is 7.79. The molecule has 0 saturated carbocycles. The Hall–Kier alpha value is -6.54. The fourth-order valence-electron chi connectivity index (χ4n) is 8.34. The standard InChI is InChI=1S/C48H48N10O6S2/c1-65(59,60)41-19-11-37(12-20-41)43-5-3-23-55-45(43)49-47(51-55)57(39-15-7-35(8-16-39)33-53-25-29-63-30-26-53)58(40-17-9-36(10-18-40)34-54-27-31-64-32-28-54)48-50-46-44(6-4-24-56(46)52-48)38-13-21-42(22-14-38)66(2,61)62/h3-24H,25-34H2,1-2H3. The third-order valence-electron chi connectivity index (χ3n) is 11.8. The van der Waals surface area contributed by atoms with Gasteiger partial charge in [-0.2, -0.15) is 9.97 Å². The maximum absolute atomic E-state index is 12.3. The molecule has 2 aliphatic heterocycles. The second-order valence-electron chi connectivity index (χ2n) is 16.5. The number of hydrogen-bond acceptors (Lipinski definition) is 14. The summed E-state index contributed by atoms with van der Waals surface area (Å²) >= 11 is 0. The molecule has 2 aliphatic rings. The Morgan fingerprint density at radius 2 is 0.864 bits per heavy atom. The zero-order valence-electron chi connectivity index (χ0n) is 36.5. The smallest absolute Gasteiger partial charge is 0.269 e. The van der Waals surface area contributed by atoms with Gasteiger partial charge in [0.2, 0.25) is 0 Å². The molecule has 16 nitrogen and oxygen atoms in total. The number of nitrogens with zero attached hydrogens (tertiary/aromatic N) is 10. The van der Waals surface area contributed by atoms with Crippen LogP contribution in [0.5, 0.6) is 0 Å². The van der Waals surface area contributed by atoms with Crippen LogP contribution in [0.2, 0.25) is 0 Å². The summed E-state index contributed by atoms with van der Waals surface area (Å²) in [5, 5.41) is 14.0. The number of anilines is 4. The first-order valence-electron chi connectivity index (χ1n) is 21.6. The summed E-state index contributed by atoms with van der Waals surface area (Å²) in [6, 6.07) is 37.8. The Morgan fingerprint density at radius 3 is 1.21 bits per heavy atom. The van der Waals surface area contributed by atoms with Crippen LogP contribution >= 0.6 is 0 Å². The summed E-state index contributed by atoms with van der Waals surface area (Å²) in [4.78, 5) is 15.7. The van der Waals surface area contributed by atoms with Crippen LogP contribution in [0.25, 0.3) is 33.5 Å². The average molecular weight is 925 g/mol. The fourth-order valence-corrected chi connectivity index (χ4v) is 9.61. The van der Waals surface area contributed by atoms with Crippen molar-refractivity contribution in [3.8, 4) is 22.3 Å². The number of rotatable bonds is 13. The van der Waals surface area contributed by atoms with E-state index in [1.54, 1.807) is 57.6 Å². The van der Waals surface area contributed by atoms with Gasteiger partial charge in [0.15, 0.2) is 31.0 Å². The Balaban J connectivity index is 1.13. The van der Waals surface area contributed by atoms with E-state index in [1.807, 2.05) is 46.7 Å². The molecule has 8 aromatic rings. The molecule has 4 aromatic heterocycles. The van der Waals surface area contributed by atoms with Gasteiger partial charge >= 0.3 is 0 Å². The predicted octanol–water partition coefficient (Wildman–Crippen LogP) is 6.47. The van der Waals surface area contributed by atoms with Crippen LogP contribution in [0.4, 0.5) is 23.3 Å². The number of hydrazine groups is 1. The minimum absolute atomic E-state index is 0.226. The molecule has 0 atom stereocenters. The van der Waals surface area contributed by atoms with Crippen molar-refractivity contribution < 1.29 is 26.3 Å². The third-order valence-corrected chi connectivity index (χ3v) is 14.1. The fraction of sp³-hybridized carbons (Fsp3) is 0.250. The number of morpholine rings is 2. The first-order valence-corrected chi connectivity index (χ1v) is 25.4. The van der Waals surface area contributed by atoms with Gasteiger partial charge in [-0.15, -0.1) is 10.2 Å². The first kappa shape index (κ1) is 43.4. The van der Waals surface area contributed by atoms with Crippen molar-refractivity contribution in [1.29, 1.82) is 0 Å². The van der Waals surface area contributed by atoms with Gasteiger partial charge in [0.1, 0.15) is 0 Å². The van der Waals surface area contributed by atoms with Crippen molar-refractivity contribution in [2.75, 3.05) is 75.1 Å². The first-order chi connectivity index (χ1) is 31.9. The Morgan fingerprint density at radius 1 is 0.500 bits per heavy atom. The van der Waals surface area contributed by atoms with Gasteiger partial charge < -0.3 is 9.47 Å². The highest BCUT2D eigenvalue weighted by molar-refractivity contribution is 7.91. The summed E-state index contributed by atoms with van der Waals surface area (Å²) in [6.07, 6.45) is 6.05. The summed E-state index contributed by atoms with van der Waals surface area (Å²) in [5.41, 5.74) is 7.93. The SMILES string of the molecule is CS(=O)(=O)c1ccc(-c2cccn3nc(N(c4ccc(CN5CCOCC5)cc4)N(c4ccc(CN5CCOCC5)cc4)c4nc5c(-c6ccc(S(C)(=O)=O)cc6)cccn5n4)nc23)cc1. The lowest BCUT2D eigenvalue weighted by Crippen LogP contribution is -2.38. The highest BCUT2D eigenvalue weighted by Gasteiger charge is 2.30. The second-order valence-corrected chi connectivity index (χ2v) is 20.6. The lowest BCUT2D eigenvalue weighted by Gasteiger charge is -2.33. The lowest BCUT2D eigenvalue weighted by molar-refractivity contribution is 0.0341. The van der Waals surface area contributed by atoms with Crippen LogP contribution in [0, 0.1) is 0 Å². The number of hydrogen-bond donors (Lipinski definition) is 0. The van der Waals surface area contributed by atoms with Gasteiger partial charge in [-0.3, -0.25) is 9.80 Å². The van der Waals surface area contributed by atoms with Gasteiger partial charge in [0.25, 0.3) is 11.9 Å². The van der Waals surface area contributed by atoms with Crippen molar-refractivity contribution in [2.45, 2.75) is 22.9 Å². The molecular formula is C48H48N10O6S2. The normalized spacial score (nSPS) is 15.4. The molecule has 0 unspecified atom stereocenters. The Labute approximate surface area is 383 Å². The van der Waals surface area contributed by atoms with Crippen molar-refractivity contribution in [3.63, 3.8) is 0 Å². The molecule has 0 N–H and O–H groups in total. The molecule has 338 valence electrons. The number of benzene rings is 4. The largest absolute Gasteiger partial charge is 0.379 e. The van der Waals surface area contributed by atoms with E-state index in [4.69, 9.17) is 29.6 Å². The number of pyridine rings is 2. The molecule has 0 radical (unpaired) electrons. The van der Waals surface area contributed by atoms with Crippen LogP contribution in [0.3, 0.4) is 0 Å². The van der Waals surface area contributed by atoms with Gasteiger partial charge in [-0.1, -0.05) is 48.5 Å². The van der Waals surface area contributed by atoms with Crippen LogP contribution in [0.15, 0.2) is 144 Å². The molecule has 6 heterocycles. The second kappa shape index (κ2) is 18.0. The number of sulfone groups is 2. The maximum atomic E-state index is 12.3. The molecule has 2 saturated heterocycles. The molecule has 0 bridgehead atoms. The predicted molar refractivity (Wildman–Crippen MR) is 252 cm³/mol. The highest BCUT2D eigenvalue weighted by atomic mass is 32.2. The van der Waals surface area contributed by atoms with Crippen molar-refractivity contribution in [3.05, 3.63) is 145 Å². The van der Waals surface area contributed by atoms with Crippen LogP contribution in [-0.4, -0.2) is 121 Å². The Kier molecular flexibility index (Phi) is 11.8. The highest BCUT2D eigenvalue weighted by Crippen LogP contribution is 2.37. The van der Waals surface area contributed by atoms with Gasteiger partial charge in [-0.05, 0) is 95.1 Å². The van der Waals surface area contributed by atoms with Crippen molar-refractivity contribution in [2.24, 2.45) is 0 Å². The summed E-state index contributed by atoms with van der Waals surface area (Å²) in [5.74, 6) is 0.646. The molecule has 66 heavy (non-hydrogen) atoms. The maximum Gasteiger partial charge on any atom is 0.269 e. The van der Waals surface area contributed by atoms with E-state index >= 15 is 0 Å². The van der Waals surface area contributed by atoms with Gasteiger partial charge in [-0.25, -0.2) is 35.9 Å². The van der Waals surface area contributed by atoms with E-state index in [-0.39, 0.29) is 9.79 Å². The third kappa shape index (κ3) is 9.15. The minimum atomic E-state index is -3.40. The monoisotopic (exact) mass is 924 g/mol. The van der Waals surface area contributed by atoms with Crippen LogP contribution in [-0.2, 0) is 42.2 Å². The van der Waals surface area contributed by atoms with E-state index in [0.29, 0.717) is 49.6 Å². The van der Waals surface area contributed by atoms with Crippen LogP contribution in [0.1, 0.15) is 11.1 Å². The molecule has 2 fully saturated rings. The van der Waals surface area contributed by atoms with E-state index in [1.165, 1.54) is 12.5 Å². The topological polar surface area (TPSA) is 160 Å². The number of fused-ring (bicyclic) bond motifs is 2. The van der Waals surface area contributed by atoms with E-state index in [0.717, 1.165) is 84.0 Å². The molecule has 10 rings (SSSR count). The summed E-state index contributed by atoms with van der Waals surface area (Å²) in [7, 11) is -6.80. The lowest BCUT2D eigenvalue weighted by atomic mass is 10.1. The molecule has 0 aliphatic carbocycles.